The summed E-state index contributed by atoms with van der Waals surface area (Å²) >= 11 is 0. The number of rotatable bonds is 2. The highest BCUT2D eigenvalue weighted by molar-refractivity contribution is 6.01. The second-order valence-corrected chi connectivity index (χ2v) is 7.96. The fourth-order valence-electron chi connectivity index (χ4n) is 4.52. The van der Waals surface area contributed by atoms with E-state index < -0.39 is 11.5 Å². The monoisotopic (exact) mass is 378 g/mol. The van der Waals surface area contributed by atoms with Gasteiger partial charge in [-0.25, -0.2) is 0 Å². The van der Waals surface area contributed by atoms with Crippen molar-refractivity contribution in [1.29, 1.82) is 0 Å². The van der Waals surface area contributed by atoms with Gasteiger partial charge in [0, 0.05) is 25.2 Å². The molecule has 0 unspecified atom stereocenters. The Bertz CT molecular complexity index is 910. The molecule has 1 spiro atoms. The van der Waals surface area contributed by atoms with Gasteiger partial charge in [-0.2, -0.15) is 0 Å². The predicted octanol–water partition coefficient (Wildman–Crippen LogP) is 2.77. The number of aliphatic hydroxyl groups excluding tert-OH is 1. The fourth-order valence-corrected chi connectivity index (χ4v) is 4.52. The zero-order chi connectivity index (χ0) is 19.7. The average molecular weight is 378 g/mol. The molecule has 2 saturated heterocycles. The molecular weight excluding hydrogens is 352 g/mol. The van der Waals surface area contributed by atoms with E-state index >= 15 is 0 Å². The third-order valence-electron chi connectivity index (χ3n) is 6.09. The van der Waals surface area contributed by atoms with Gasteiger partial charge in [0.25, 0.3) is 5.91 Å². The molecule has 0 radical (unpaired) electrons. The summed E-state index contributed by atoms with van der Waals surface area (Å²) < 4.78 is 0. The number of carbonyl (C=O) groups is 2. The van der Waals surface area contributed by atoms with E-state index in [9.17, 15) is 14.7 Å². The molecule has 2 aromatic rings. The number of carbonyl (C=O) groups excluding carboxylic acids is 2. The van der Waals surface area contributed by atoms with Crippen LogP contribution in [0.2, 0.25) is 0 Å². The van der Waals surface area contributed by atoms with Crippen LogP contribution in [-0.2, 0) is 4.79 Å². The van der Waals surface area contributed by atoms with Gasteiger partial charge in [-0.15, -0.1) is 0 Å². The number of hydrogen-bond donors (Lipinski definition) is 2. The Hall–Kier alpha value is -2.66. The highest BCUT2D eigenvalue weighted by atomic mass is 16.3. The lowest BCUT2D eigenvalue weighted by Crippen LogP contribution is -2.62. The van der Waals surface area contributed by atoms with E-state index in [1.807, 2.05) is 49.4 Å². The molecule has 0 aromatic heterocycles. The van der Waals surface area contributed by atoms with Crippen molar-refractivity contribution in [3.63, 3.8) is 0 Å². The van der Waals surface area contributed by atoms with E-state index in [0.717, 1.165) is 23.1 Å². The topological polar surface area (TPSA) is 69.6 Å². The Morgan fingerprint density at radius 2 is 2.04 bits per heavy atom. The molecule has 2 fully saturated rings. The zero-order valence-electron chi connectivity index (χ0n) is 16.1. The Labute approximate surface area is 165 Å². The van der Waals surface area contributed by atoms with Crippen LogP contribution in [0.15, 0.2) is 48.5 Å². The van der Waals surface area contributed by atoms with E-state index in [0.29, 0.717) is 31.5 Å². The Morgan fingerprint density at radius 3 is 2.82 bits per heavy atom. The maximum absolute atomic E-state index is 13.4. The first-order valence-electron chi connectivity index (χ1n) is 9.93. The number of hydrogen-bond acceptors (Lipinski definition) is 3. The lowest BCUT2D eigenvalue weighted by Gasteiger charge is -2.46. The molecule has 2 heterocycles. The molecule has 5 nitrogen and oxygen atoms in total. The molecule has 28 heavy (non-hydrogen) atoms. The highest BCUT2D eigenvalue weighted by Crippen LogP contribution is 2.38. The van der Waals surface area contributed by atoms with Crippen LogP contribution in [0.1, 0.15) is 35.2 Å². The van der Waals surface area contributed by atoms with Crippen LogP contribution in [0, 0.1) is 12.3 Å². The van der Waals surface area contributed by atoms with Gasteiger partial charge in [-0.1, -0.05) is 48.0 Å². The number of benzene rings is 2. The second-order valence-electron chi connectivity index (χ2n) is 7.96. The van der Waals surface area contributed by atoms with Crippen molar-refractivity contribution in [2.24, 2.45) is 5.41 Å². The summed E-state index contributed by atoms with van der Waals surface area (Å²) in [6.07, 6.45) is 1.16. The normalized spacial score (nSPS) is 24.9. The molecule has 2 aliphatic rings. The van der Waals surface area contributed by atoms with Gasteiger partial charge in [-0.3, -0.25) is 9.59 Å². The first-order chi connectivity index (χ1) is 13.5. The average Bonchev–Trinajstić information content (AvgIpc) is 2.71. The van der Waals surface area contributed by atoms with Crippen molar-refractivity contribution in [2.45, 2.75) is 32.3 Å². The third-order valence-corrected chi connectivity index (χ3v) is 6.09. The number of likely N-dealkylation sites (tertiary alicyclic amines) is 1. The van der Waals surface area contributed by atoms with Crippen LogP contribution in [0.3, 0.4) is 0 Å². The minimum atomic E-state index is -0.884. The number of aliphatic hydroxyl groups is 1. The van der Waals surface area contributed by atoms with E-state index in [-0.39, 0.29) is 18.4 Å². The van der Waals surface area contributed by atoms with Crippen molar-refractivity contribution >= 4 is 11.8 Å². The summed E-state index contributed by atoms with van der Waals surface area (Å²) in [6.45, 7) is 3.39. The summed E-state index contributed by atoms with van der Waals surface area (Å²) in [7, 11) is 0. The van der Waals surface area contributed by atoms with Crippen molar-refractivity contribution in [1.82, 2.24) is 10.2 Å². The SMILES string of the molecule is Cc1cccc(-c2ccccc2C(=O)N2CC[C@@H](O)[C@@]3(CCCNC3=O)C2)c1. The molecule has 5 heteroatoms. The van der Waals surface area contributed by atoms with Gasteiger partial charge >= 0.3 is 0 Å². The summed E-state index contributed by atoms with van der Waals surface area (Å²) in [5.41, 5.74) is 2.79. The first-order valence-corrected chi connectivity index (χ1v) is 9.93. The van der Waals surface area contributed by atoms with Crippen LogP contribution in [0.4, 0.5) is 0 Å². The lowest BCUT2D eigenvalue weighted by atomic mass is 9.71. The summed E-state index contributed by atoms with van der Waals surface area (Å²) in [6, 6.07) is 15.7. The molecule has 2 aliphatic heterocycles. The van der Waals surface area contributed by atoms with Crippen LogP contribution < -0.4 is 5.32 Å². The second kappa shape index (κ2) is 7.40. The molecule has 2 aromatic carbocycles. The van der Waals surface area contributed by atoms with Crippen molar-refractivity contribution < 1.29 is 14.7 Å². The van der Waals surface area contributed by atoms with E-state index in [1.54, 1.807) is 4.90 Å². The van der Waals surface area contributed by atoms with Crippen molar-refractivity contribution in [2.75, 3.05) is 19.6 Å². The molecule has 2 N–H and O–H groups in total. The quantitative estimate of drug-likeness (QED) is 0.844. The minimum Gasteiger partial charge on any atom is -0.392 e. The summed E-state index contributed by atoms with van der Waals surface area (Å²) in [5, 5.41) is 13.5. The minimum absolute atomic E-state index is 0.0817. The molecule has 0 bridgehead atoms. The smallest absolute Gasteiger partial charge is 0.254 e. The molecular formula is C23H26N2O3. The number of nitrogens with zero attached hydrogens (tertiary/aromatic N) is 1. The van der Waals surface area contributed by atoms with Crippen LogP contribution in [-0.4, -0.2) is 47.6 Å². The van der Waals surface area contributed by atoms with E-state index in [1.165, 1.54) is 0 Å². The highest BCUT2D eigenvalue weighted by Gasteiger charge is 2.50. The lowest BCUT2D eigenvalue weighted by molar-refractivity contribution is -0.147. The van der Waals surface area contributed by atoms with Crippen molar-refractivity contribution in [3.8, 4) is 11.1 Å². The standard InChI is InChI=1S/C23H26N2O3/c1-16-6-4-7-17(14-16)18-8-2-3-9-19(18)21(27)25-13-10-20(26)23(15-25)11-5-12-24-22(23)28/h2-4,6-9,14,20,26H,5,10-13,15H2,1H3,(H,24,28)/t20-,23-/m1/s1. The maximum Gasteiger partial charge on any atom is 0.254 e. The fraction of sp³-hybridized carbons (Fsp3) is 0.391. The number of aryl methyl sites for hydroxylation is 1. The van der Waals surface area contributed by atoms with Gasteiger partial charge in [0.15, 0.2) is 0 Å². The number of amides is 2. The van der Waals surface area contributed by atoms with Crippen molar-refractivity contribution in [3.05, 3.63) is 59.7 Å². The van der Waals surface area contributed by atoms with Gasteiger partial charge in [-0.05, 0) is 43.4 Å². The van der Waals surface area contributed by atoms with Gasteiger partial charge in [0.05, 0.1) is 11.5 Å². The molecule has 4 rings (SSSR count). The molecule has 0 aliphatic carbocycles. The van der Waals surface area contributed by atoms with Gasteiger partial charge in [0.1, 0.15) is 0 Å². The predicted molar refractivity (Wildman–Crippen MR) is 108 cm³/mol. The maximum atomic E-state index is 13.4. The molecule has 0 saturated carbocycles. The van der Waals surface area contributed by atoms with Crippen LogP contribution in [0.5, 0.6) is 0 Å². The molecule has 2 amide bonds. The Morgan fingerprint density at radius 1 is 1.21 bits per heavy atom. The molecule has 2 atom stereocenters. The van der Waals surface area contributed by atoms with Crippen LogP contribution >= 0.6 is 0 Å². The zero-order valence-corrected chi connectivity index (χ0v) is 16.1. The summed E-state index contributed by atoms with van der Waals surface area (Å²) in [4.78, 5) is 27.8. The van der Waals surface area contributed by atoms with Crippen LogP contribution in [0.25, 0.3) is 11.1 Å². The van der Waals surface area contributed by atoms with E-state index in [2.05, 4.69) is 11.4 Å². The van der Waals surface area contributed by atoms with E-state index in [4.69, 9.17) is 0 Å². The third kappa shape index (κ3) is 3.20. The first kappa shape index (κ1) is 18.7. The van der Waals surface area contributed by atoms with Gasteiger partial charge in [0.2, 0.25) is 5.91 Å². The van der Waals surface area contributed by atoms with Gasteiger partial charge < -0.3 is 15.3 Å². The largest absolute Gasteiger partial charge is 0.392 e. The Kier molecular flexibility index (Phi) is 4.94. The Balaban J connectivity index is 1.66. The summed E-state index contributed by atoms with van der Waals surface area (Å²) in [5.74, 6) is -0.211. The number of piperidine rings is 2. The number of nitrogens with one attached hydrogen (secondary N) is 1. The molecule has 146 valence electrons.